The summed E-state index contributed by atoms with van der Waals surface area (Å²) in [5.74, 6) is 0. The minimum Gasteiger partial charge on any atom is -0.396 e. The number of para-hydroxylation sites is 1. The van der Waals surface area contributed by atoms with Crippen LogP contribution in [0.1, 0.15) is 0 Å². The largest absolute Gasteiger partial charge is 0.396 e. The van der Waals surface area contributed by atoms with Gasteiger partial charge in [-0.05, 0) is 15.9 Å². The molecule has 0 unspecified atom stereocenters. The summed E-state index contributed by atoms with van der Waals surface area (Å²) in [7, 11) is -4.94. The third-order valence-electron chi connectivity index (χ3n) is 1.85. The predicted molar refractivity (Wildman–Crippen MR) is 57.9 cm³/mol. The van der Waals surface area contributed by atoms with Crippen molar-refractivity contribution in [1.29, 1.82) is 0 Å². The molecule has 2 rings (SSSR count). The van der Waals surface area contributed by atoms with Crippen LogP contribution in [0.4, 0.5) is 5.69 Å². The average molecular weight is 351 g/mol. The lowest BCUT2D eigenvalue weighted by atomic mass is 10.3. The molecular weight excluding hydrogens is 341 g/mol. The molecule has 0 aliphatic rings. The summed E-state index contributed by atoms with van der Waals surface area (Å²) < 4.78 is 36.6. The van der Waals surface area contributed by atoms with Gasteiger partial charge in [0.2, 0.25) is 11.9 Å². The molecule has 9 heteroatoms. The zero-order chi connectivity index (χ0) is 14.5. The number of benzene rings is 1. The lowest BCUT2D eigenvalue weighted by Crippen LogP contribution is -2.68. The molecule has 0 amide bonds. The molecule has 0 fully saturated rings. The quantitative estimate of drug-likeness (QED) is 0.543. The van der Waals surface area contributed by atoms with Crippen LogP contribution in [-0.4, -0.2) is 5.10 Å². The molecule has 0 aliphatic carbocycles. The maximum absolute atomic E-state index is 8.49. The van der Waals surface area contributed by atoms with Gasteiger partial charge in [0.15, 0.2) is 0 Å². The Labute approximate surface area is 119 Å². The van der Waals surface area contributed by atoms with Crippen LogP contribution in [0.15, 0.2) is 47.2 Å². The molecule has 0 saturated heterocycles. The first-order valence-electron chi connectivity index (χ1n) is 4.77. The molecule has 7 nitrogen and oxygen atoms in total. The summed E-state index contributed by atoms with van der Waals surface area (Å²) in [5, 5.41) is 4.17. The Morgan fingerprint density at radius 3 is 2.11 bits per heavy atom. The van der Waals surface area contributed by atoms with E-state index in [4.69, 9.17) is 24.4 Å². The Kier molecular flexibility index (Phi) is 5.60. The van der Waals surface area contributed by atoms with Crippen molar-refractivity contribution in [2.24, 2.45) is 0 Å². The van der Waals surface area contributed by atoms with E-state index in [0.717, 1.165) is 10.2 Å². The molecule has 0 spiro atoms. The lowest BCUT2D eigenvalue weighted by molar-refractivity contribution is -2.00. The topological polar surface area (TPSA) is 135 Å². The fraction of sp³-hybridized carbons (Fsp3) is 0. The first-order chi connectivity index (χ1) is 8.77. The number of halogens is 2. The minimum atomic E-state index is -4.94. The number of anilines is 1. The number of nitrogens with two attached hydrogens (primary N) is 1. The summed E-state index contributed by atoms with van der Waals surface area (Å²) in [4.78, 5) is 0. The van der Waals surface area contributed by atoms with Crippen LogP contribution in [0.3, 0.4) is 0 Å². The van der Waals surface area contributed by atoms with E-state index in [1.54, 1.807) is 10.9 Å². The summed E-state index contributed by atoms with van der Waals surface area (Å²) in [6.07, 6.45) is 3.46. The molecule has 0 saturated carbocycles. The summed E-state index contributed by atoms with van der Waals surface area (Å²) in [6.45, 7) is 0. The normalized spacial score (nSPS) is 10.6. The Hall–Kier alpha value is -1.29. The standard InChI is InChI=1S/C10H8BrN3.ClHO4/c11-9-7-14(13-6-10(9)12)8-4-2-1-3-5-8;2-1(3,4)5/h1-7,12H;(H,2,3,4,5). The third-order valence-corrected chi connectivity index (χ3v) is 2.52. The second-order valence-corrected chi connectivity index (χ2v) is 4.85. The van der Waals surface area contributed by atoms with E-state index in [-0.39, 0.29) is 0 Å². The van der Waals surface area contributed by atoms with Gasteiger partial charge in [-0.1, -0.05) is 22.9 Å². The van der Waals surface area contributed by atoms with E-state index < -0.39 is 10.2 Å². The first-order valence-corrected chi connectivity index (χ1v) is 6.80. The predicted octanol–water partition coefficient (Wildman–Crippen LogP) is -3.05. The molecule has 2 aromatic rings. The van der Waals surface area contributed by atoms with Crippen LogP contribution in [-0.2, 0) is 0 Å². The number of hydrogen-bond donors (Lipinski definition) is 1. The molecule has 0 bridgehead atoms. The van der Waals surface area contributed by atoms with Crippen LogP contribution in [0.25, 0.3) is 5.69 Å². The fourth-order valence-electron chi connectivity index (χ4n) is 1.12. The second kappa shape index (κ2) is 6.75. The third kappa shape index (κ3) is 6.43. The number of nitrogen functional groups attached to an aromatic ring is 1. The van der Waals surface area contributed by atoms with Gasteiger partial charge >= 0.3 is 0 Å². The molecule has 0 radical (unpaired) electrons. The minimum absolute atomic E-state index is 0.636. The molecule has 1 aromatic heterocycles. The Morgan fingerprint density at radius 1 is 1.11 bits per heavy atom. The highest BCUT2D eigenvalue weighted by molar-refractivity contribution is 9.10. The molecule has 2 N–H and O–H groups in total. The lowest BCUT2D eigenvalue weighted by Gasteiger charge is -2.17. The van der Waals surface area contributed by atoms with Gasteiger partial charge in [0, 0.05) is 17.2 Å². The van der Waals surface area contributed by atoms with Crippen molar-refractivity contribution in [1.82, 2.24) is 5.10 Å². The van der Waals surface area contributed by atoms with Crippen molar-refractivity contribution < 1.29 is 33.6 Å². The smallest absolute Gasteiger partial charge is 0.238 e. The SMILES string of the molecule is Nc1cn[n+](-c2ccccc2)cc1Br.[O-][Cl+3]([O-])([O-])[O-]. The molecular formula is C10H9BrClN3O4. The maximum Gasteiger partial charge on any atom is 0.238 e. The van der Waals surface area contributed by atoms with Gasteiger partial charge in [0.1, 0.15) is 10.7 Å². The van der Waals surface area contributed by atoms with Gasteiger partial charge in [-0.3, -0.25) is 0 Å². The summed E-state index contributed by atoms with van der Waals surface area (Å²) in [5.41, 5.74) is 7.29. The van der Waals surface area contributed by atoms with Crippen molar-refractivity contribution >= 4 is 21.6 Å². The second-order valence-electron chi connectivity index (χ2n) is 3.24. The molecule has 0 aliphatic heterocycles. The van der Waals surface area contributed by atoms with E-state index in [1.807, 2.05) is 36.5 Å². The van der Waals surface area contributed by atoms with Crippen LogP contribution in [0.2, 0.25) is 0 Å². The first kappa shape index (κ1) is 15.8. The molecule has 1 aromatic carbocycles. The van der Waals surface area contributed by atoms with Crippen LogP contribution in [0, 0.1) is 10.2 Å². The summed E-state index contributed by atoms with van der Waals surface area (Å²) >= 11 is 3.36. The van der Waals surface area contributed by atoms with E-state index in [0.29, 0.717) is 5.69 Å². The summed E-state index contributed by atoms with van der Waals surface area (Å²) in [6, 6.07) is 9.87. The molecule has 1 heterocycles. The van der Waals surface area contributed by atoms with Gasteiger partial charge in [0.25, 0.3) is 0 Å². The zero-order valence-corrected chi connectivity index (χ0v) is 11.7. The number of aromatic nitrogens is 2. The Bertz CT molecular complexity index is 530. The van der Waals surface area contributed by atoms with Crippen LogP contribution in [0.5, 0.6) is 0 Å². The van der Waals surface area contributed by atoms with Gasteiger partial charge in [-0.2, -0.15) is 0 Å². The molecule has 102 valence electrons. The van der Waals surface area contributed by atoms with E-state index >= 15 is 0 Å². The average Bonchev–Trinajstić information content (AvgIpc) is 2.32. The van der Waals surface area contributed by atoms with Gasteiger partial charge in [-0.15, -0.1) is 10.2 Å². The highest BCUT2D eigenvalue weighted by Gasteiger charge is 2.09. The van der Waals surface area contributed by atoms with Gasteiger partial charge < -0.3 is 5.73 Å². The highest BCUT2D eigenvalue weighted by Crippen LogP contribution is 2.14. The zero-order valence-electron chi connectivity index (χ0n) is 9.40. The van der Waals surface area contributed by atoms with E-state index in [2.05, 4.69) is 21.0 Å². The van der Waals surface area contributed by atoms with E-state index in [1.165, 1.54) is 0 Å². The van der Waals surface area contributed by atoms with E-state index in [9.17, 15) is 0 Å². The Balaban J connectivity index is 0.000000312. The van der Waals surface area contributed by atoms with Crippen LogP contribution < -0.4 is 29.1 Å². The van der Waals surface area contributed by atoms with Crippen molar-refractivity contribution in [3.63, 3.8) is 0 Å². The van der Waals surface area contributed by atoms with Crippen molar-refractivity contribution in [3.05, 3.63) is 47.2 Å². The molecule has 19 heavy (non-hydrogen) atoms. The Morgan fingerprint density at radius 2 is 1.63 bits per heavy atom. The number of nitrogens with zero attached hydrogens (tertiary/aromatic N) is 2. The maximum atomic E-state index is 8.49. The number of rotatable bonds is 1. The monoisotopic (exact) mass is 349 g/mol. The van der Waals surface area contributed by atoms with Crippen LogP contribution >= 0.6 is 15.9 Å². The van der Waals surface area contributed by atoms with Gasteiger partial charge in [-0.25, -0.2) is 18.6 Å². The highest BCUT2D eigenvalue weighted by atomic mass is 79.9. The van der Waals surface area contributed by atoms with Crippen molar-refractivity contribution in [3.8, 4) is 5.69 Å². The van der Waals surface area contributed by atoms with Crippen molar-refractivity contribution in [2.45, 2.75) is 0 Å². The number of hydrogen-bond acceptors (Lipinski definition) is 6. The van der Waals surface area contributed by atoms with Crippen molar-refractivity contribution in [2.75, 3.05) is 5.73 Å². The fourth-order valence-corrected chi connectivity index (χ4v) is 1.42. The molecule has 0 atom stereocenters. The van der Waals surface area contributed by atoms with Gasteiger partial charge in [0.05, 0.1) is 5.69 Å².